The van der Waals surface area contributed by atoms with E-state index in [1.807, 2.05) is 7.11 Å². The molecule has 4 bridgehead atoms. The van der Waals surface area contributed by atoms with Crippen LogP contribution in [0.2, 0.25) is 0 Å². The van der Waals surface area contributed by atoms with Crippen molar-refractivity contribution in [2.45, 2.75) is 63.2 Å². The Hall–Kier alpha value is -0.980. The van der Waals surface area contributed by atoms with Gasteiger partial charge in [-0.1, -0.05) is 18.9 Å². The topological polar surface area (TPSA) is 9.23 Å². The van der Waals surface area contributed by atoms with Crippen molar-refractivity contribution in [2.75, 3.05) is 7.11 Å². The molecule has 5 rings (SSSR count). The van der Waals surface area contributed by atoms with Gasteiger partial charge in [-0.05, 0) is 97.3 Å². The summed E-state index contributed by atoms with van der Waals surface area (Å²) >= 11 is 0. The van der Waals surface area contributed by atoms with Gasteiger partial charge in [-0.25, -0.2) is 0 Å². The first-order valence-electron chi connectivity index (χ1n) is 9.49. The number of benzene rings is 1. The van der Waals surface area contributed by atoms with Crippen LogP contribution in [0.3, 0.4) is 0 Å². The van der Waals surface area contributed by atoms with E-state index in [2.05, 4.69) is 18.2 Å². The maximum atomic E-state index is 5.67. The second kappa shape index (κ2) is 5.01. The first-order valence-corrected chi connectivity index (χ1v) is 9.49. The number of ether oxygens (including phenoxy) is 1. The highest BCUT2D eigenvalue weighted by atomic mass is 16.5. The van der Waals surface area contributed by atoms with Crippen molar-refractivity contribution in [3.63, 3.8) is 0 Å². The molecule has 0 radical (unpaired) electrons. The third kappa shape index (κ3) is 2.04. The second-order valence-corrected chi connectivity index (χ2v) is 8.60. The SMILES string of the molecule is COc1cc(C2CC3CCC2C3)cc(C2CC3CCC2C3)c1. The number of hydrogen-bond donors (Lipinski definition) is 0. The molecule has 1 aromatic rings. The molecule has 6 atom stereocenters. The summed E-state index contributed by atoms with van der Waals surface area (Å²) in [6.07, 6.45) is 11.8. The van der Waals surface area contributed by atoms with Gasteiger partial charge in [0.15, 0.2) is 0 Å². The van der Waals surface area contributed by atoms with E-state index in [-0.39, 0.29) is 0 Å². The molecule has 118 valence electrons. The van der Waals surface area contributed by atoms with Gasteiger partial charge < -0.3 is 4.74 Å². The van der Waals surface area contributed by atoms with E-state index in [0.29, 0.717) is 0 Å². The molecule has 1 aromatic carbocycles. The largest absolute Gasteiger partial charge is 0.497 e. The van der Waals surface area contributed by atoms with Crippen LogP contribution >= 0.6 is 0 Å². The lowest BCUT2D eigenvalue weighted by atomic mass is 9.79. The fraction of sp³-hybridized carbons (Fsp3) is 0.714. The van der Waals surface area contributed by atoms with Crippen LogP contribution in [0, 0.1) is 23.7 Å². The van der Waals surface area contributed by atoms with Crippen LogP contribution in [0.1, 0.15) is 74.3 Å². The lowest BCUT2D eigenvalue weighted by molar-refractivity contribution is 0.395. The molecule has 0 aliphatic heterocycles. The van der Waals surface area contributed by atoms with Crippen molar-refractivity contribution in [1.29, 1.82) is 0 Å². The van der Waals surface area contributed by atoms with E-state index in [0.717, 1.165) is 41.3 Å². The highest BCUT2D eigenvalue weighted by Gasteiger charge is 2.42. The number of rotatable bonds is 3. The minimum atomic E-state index is 0.825. The Morgan fingerprint density at radius 1 is 0.727 bits per heavy atom. The van der Waals surface area contributed by atoms with Crippen LogP contribution in [-0.2, 0) is 0 Å². The highest BCUT2D eigenvalue weighted by Crippen LogP contribution is 2.56. The molecule has 22 heavy (non-hydrogen) atoms. The van der Waals surface area contributed by atoms with Gasteiger partial charge in [-0.2, -0.15) is 0 Å². The van der Waals surface area contributed by atoms with Crippen molar-refractivity contribution < 1.29 is 4.74 Å². The second-order valence-electron chi connectivity index (χ2n) is 8.60. The summed E-state index contributed by atoms with van der Waals surface area (Å²) in [7, 11) is 1.84. The van der Waals surface area contributed by atoms with Crippen LogP contribution < -0.4 is 4.74 Å². The molecule has 4 aliphatic carbocycles. The van der Waals surface area contributed by atoms with Gasteiger partial charge in [0.2, 0.25) is 0 Å². The molecule has 0 amide bonds. The van der Waals surface area contributed by atoms with Gasteiger partial charge in [-0.3, -0.25) is 0 Å². The molecule has 1 heteroatoms. The van der Waals surface area contributed by atoms with E-state index in [1.54, 1.807) is 11.1 Å². The van der Waals surface area contributed by atoms with Crippen LogP contribution in [0.5, 0.6) is 5.75 Å². The third-order valence-corrected chi connectivity index (χ3v) is 7.52. The van der Waals surface area contributed by atoms with Crippen molar-refractivity contribution in [3.8, 4) is 5.75 Å². The minimum Gasteiger partial charge on any atom is -0.497 e. The number of hydrogen-bond acceptors (Lipinski definition) is 1. The summed E-state index contributed by atoms with van der Waals surface area (Å²) in [5.74, 6) is 6.73. The zero-order valence-corrected chi connectivity index (χ0v) is 13.8. The lowest BCUT2D eigenvalue weighted by Gasteiger charge is -2.26. The first kappa shape index (κ1) is 13.5. The summed E-state index contributed by atoms with van der Waals surface area (Å²) in [6, 6.07) is 7.28. The fourth-order valence-electron chi connectivity index (χ4n) is 6.50. The molecule has 0 saturated heterocycles. The van der Waals surface area contributed by atoms with Gasteiger partial charge >= 0.3 is 0 Å². The van der Waals surface area contributed by atoms with Crippen LogP contribution in [0.25, 0.3) is 0 Å². The Labute approximate surface area is 134 Å². The normalized spacial score (nSPS) is 42.2. The summed E-state index contributed by atoms with van der Waals surface area (Å²) in [6.45, 7) is 0. The van der Waals surface area contributed by atoms with E-state index >= 15 is 0 Å². The Morgan fingerprint density at radius 2 is 1.27 bits per heavy atom. The molecule has 4 saturated carbocycles. The zero-order valence-electron chi connectivity index (χ0n) is 13.8. The zero-order chi connectivity index (χ0) is 14.7. The average molecular weight is 296 g/mol. The predicted octanol–water partition coefficient (Wildman–Crippen LogP) is 5.50. The molecular weight excluding hydrogens is 268 g/mol. The van der Waals surface area contributed by atoms with E-state index in [4.69, 9.17) is 4.74 Å². The third-order valence-electron chi connectivity index (χ3n) is 7.52. The smallest absolute Gasteiger partial charge is 0.119 e. The van der Waals surface area contributed by atoms with Crippen LogP contribution in [0.4, 0.5) is 0 Å². The first-order chi connectivity index (χ1) is 10.8. The molecule has 0 heterocycles. The fourth-order valence-corrected chi connectivity index (χ4v) is 6.50. The Kier molecular flexibility index (Phi) is 3.06. The quantitative estimate of drug-likeness (QED) is 0.715. The predicted molar refractivity (Wildman–Crippen MR) is 89.4 cm³/mol. The Morgan fingerprint density at radius 3 is 1.64 bits per heavy atom. The summed E-state index contributed by atoms with van der Waals surface area (Å²) < 4.78 is 5.67. The van der Waals surface area contributed by atoms with Gasteiger partial charge in [0.1, 0.15) is 5.75 Å². The van der Waals surface area contributed by atoms with Gasteiger partial charge in [0.05, 0.1) is 7.11 Å². The van der Waals surface area contributed by atoms with Gasteiger partial charge in [-0.15, -0.1) is 0 Å². The van der Waals surface area contributed by atoms with E-state index < -0.39 is 0 Å². The summed E-state index contributed by atoms with van der Waals surface area (Å²) in [5, 5.41) is 0. The maximum Gasteiger partial charge on any atom is 0.119 e. The highest BCUT2D eigenvalue weighted by molar-refractivity contribution is 5.40. The van der Waals surface area contributed by atoms with Crippen molar-refractivity contribution in [1.82, 2.24) is 0 Å². The van der Waals surface area contributed by atoms with Gasteiger partial charge in [0, 0.05) is 0 Å². The number of methoxy groups -OCH3 is 1. The summed E-state index contributed by atoms with van der Waals surface area (Å²) in [5.41, 5.74) is 3.20. The molecule has 4 aliphatic rings. The molecule has 0 N–H and O–H groups in total. The minimum absolute atomic E-state index is 0.825. The lowest BCUT2D eigenvalue weighted by Crippen LogP contribution is -2.12. The number of fused-ring (bicyclic) bond motifs is 4. The monoisotopic (exact) mass is 296 g/mol. The Balaban J connectivity index is 1.48. The van der Waals surface area contributed by atoms with Crippen molar-refractivity contribution in [3.05, 3.63) is 29.3 Å². The summed E-state index contributed by atoms with van der Waals surface area (Å²) in [4.78, 5) is 0. The molecule has 6 unspecified atom stereocenters. The van der Waals surface area contributed by atoms with Crippen molar-refractivity contribution in [2.24, 2.45) is 23.7 Å². The van der Waals surface area contributed by atoms with E-state index in [1.165, 1.54) is 51.4 Å². The van der Waals surface area contributed by atoms with Crippen LogP contribution in [-0.4, -0.2) is 7.11 Å². The molecule has 0 spiro atoms. The maximum absolute atomic E-state index is 5.67. The molecular formula is C21H28O. The van der Waals surface area contributed by atoms with Crippen molar-refractivity contribution >= 4 is 0 Å². The molecule has 1 nitrogen and oxygen atoms in total. The van der Waals surface area contributed by atoms with Gasteiger partial charge in [0.25, 0.3) is 0 Å². The standard InChI is InChI=1S/C21H28O/c1-22-19-11-17(20-8-13-2-4-15(20)6-13)10-18(12-19)21-9-14-3-5-16(21)7-14/h10-16,20-21H,2-9H2,1H3. The molecule has 4 fully saturated rings. The average Bonchev–Trinajstić information content (AvgIpc) is 3.33. The molecule has 0 aromatic heterocycles. The van der Waals surface area contributed by atoms with Crippen LogP contribution in [0.15, 0.2) is 18.2 Å². The van der Waals surface area contributed by atoms with E-state index in [9.17, 15) is 0 Å². The Bertz CT molecular complexity index is 531.